The highest BCUT2D eigenvalue weighted by Crippen LogP contribution is 2.30. The molecule has 0 atom stereocenters. The SMILES string of the molecule is COc1ccc(N2C(=O)NC(=O)/C(=C/c3cc([N+](=O)[O-])ccc3N3CCNCC3)C2=O)cc1. The number of benzene rings is 2. The summed E-state index contributed by atoms with van der Waals surface area (Å²) in [5.74, 6) is -1.16. The number of nitro groups is 1. The Morgan fingerprint density at radius 3 is 2.39 bits per heavy atom. The van der Waals surface area contributed by atoms with E-state index in [4.69, 9.17) is 4.74 Å². The maximum atomic E-state index is 13.2. The summed E-state index contributed by atoms with van der Waals surface area (Å²) < 4.78 is 5.10. The summed E-state index contributed by atoms with van der Waals surface area (Å²) in [6.07, 6.45) is 1.30. The zero-order chi connectivity index (χ0) is 23.5. The van der Waals surface area contributed by atoms with Gasteiger partial charge < -0.3 is 15.0 Å². The van der Waals surface area contributed by atoms with Crippen LogP contribution in [0.5, 0.6) is 5.75 Å². The number of barbiturate groups is 1. The molecule has 0 spiro atoms. The molecule has 0 aromatic heterocycles. The van der Waals surface area contributed by atoms with Crippen LogP contribution in [0.15, 0.2) is 48.0 Å². The zero-order valence-corrected chi connectivity index (χ0v) is 17.7. The van der Waals surface area contributed by atoms with Crippen LogP contribution in [0.1, 0.15) is 5.56 Å². The normalized spacial score (nSPS) is 17.8. The predicted octanol–water partition coefficient (Wildman–Crippen LogP) is 1.68. The van der Waals surface area contributed by atoms with Crippen molar-refractivity contribution in [3.63, 3.8) is 0 Å². The summed E-state index contributed by atoms with van der Waals surface area (Å²) in [6.45, 7) is 2.77. The highest BCUT2D eigenvalue weighted by atomic mass is 16.6. The molecule has 4 rings (SSSR count). The monoisotopic (exact) mass is 451 g/mol. The number of hydrogen-bond acceptors (Lipinski definition) is 8. The molecule has 2 heterocycles. The Hall–Kier alpha value is -4.25. The average molecular weight is 451 g/mol. The molecule has 0 unspecified atom stereocenters. The van der Waals surface area contributed by atoms with E-state index in [9.17, 15) is 24.5 Å². The van der Waals surface area contributed by atoms with Crippen LogP contribution < -0.4 is 25.2 Å². The van der Waals surface area contributed by atoms with Crippen molar-refractivity contribution in [2.45, 2.75) is 0 Å². The van der Waals surface area contributed by atoms with E-state index < -0.39 is 22.8 Å². The second-order valence-corrected chi connectivity index (χ2v) is 7.39. The highest BCUT2D eigenvalue weighted by Gasteiger charge is 2.37. The molecule has 2 aromatic rings. The number of non-ortho nitro benzene ring substituents is 1. The second-order valence-electron chi connectivity index (χ2n) is 7.39. The molecular weight excluding hydrogens is 430 g/mol. The lowest BCUT2D eigenvalue weighted by Gasteiger charge is -2.31. The van der Waals surface area contributed by atoms with Gasteiger partial charge in [0.2, 0.25) is 0 Å². The molecule has 2 fully saturated rings. The van der Waals surface area contributed by atoms with E-state index in [1.54, 1.807) is 18.2 Å². The minimum Gasteiger partial charge on any atom is -0.497 e. The number of nitrogens with zero attached hydrogens (tertiary/aromatic N) is 3. The number of anilines is 2. The van der Waals surface area contributed by atoms with E-state index in [0.29, 0.717) is 30.1 Å². The van der Waals surface area contributed by atoms with Crippen molar-refractivity contribution in [1.82, 2.24) is 10.6 Å². The standard InChI is InChI=1S/C22H21N5O6/c1-33-17-5-2-15(3-6-17)26-21(29)18(20(28)24-22(26)30)13-14-12-16(27(31)32)4-7-19(14)25-10-8-23-9-11-25/h2-7,12-13,23H,8-11H2,1H3,(H,24,28,30)/b18-13-. The molecule has 2 aromatic carbocycles. The van der Waals surface area contributed by atoms with Crippen molar-refractivity contribution < 1.29 is 24.0 Å². The van der Waals surface area contributed by atoms with E-state index in [0.717, 1.165) is 18.0 Å². The van der Waals surface area contributed by atoms with Crippen molar-refractivity contribution in [2.75, 3.05) is 43.1 Å². The number of carbonyl (C=O) groups is 3. The van der Waals surface area contributed by atoms with E-state index in [1.807, 2.05) is 4.90 Å². The minimum atomic E-state index is -0.881. The number of rotatable bonds is 5. The molecule has 170 valence electrons. The van der Waals surface area contributed by atoms with Crippen molar-refractivity contribution in [2.24, 2.45) is 0 Å². The number of nitro benzene ring substituents is 1. The first-order valence-corrected chi connectivity index (χ1v) is 10.2. The van der Waals surface area contributed by atoms with Gasteiger partial charge in [0.15, 0.2) is 0 Å². The minimum absolute atomic E-state index is 0.174. The quantitative estimate of drug-likeness (QED) is 0.304. The predicted molar refractivity (Wildman–Crippen MR) is 120 cm³/mol. The van der Waals surface area contributed by atoms with Gasteiger partial charge in [-0.15, -0.1) is 0 Å². The number of hydrogen-bond donors (Lipinski definition) is 2. The van der Waals surface area contributed by atoms with Gasteiger partial charge in [-0.3, -0.25) is 25.0 Å². The number of carbonyl (C=O) groups excluding carboxylic acids is 3. The Bertz CT molecular complexity index is 1150. The molecule has 2 aliphatic rings. The van der Waals surface area contributed by atoms with Gasteiger partial charge in [-0.2, -0.15) is 0 Å². The van der Waals surface area contributed by atoms with Crippen molar-refractivity contribution in [3.8, 4) is 5.75 Å². The van der Waals surface area contributed by atoms with Gasteiger partial charge >= 0.3 is 6.03 Å². The number of urea groups is 1. The Labute approximate surface area is 188 Å². The molecule has 11 heteroatoms. The number of piperazine rings is 1. The first kappa shape index (κ1) is 22.0. The van der Waals surface area contributed by atoms with Gasteiger partial charge in [0.25, 0.3) is 17.5 Å². The number of methoxy groups -OCH3 is 1. The van der Waals surface area contributed by atoms with Gasteiger partial charge in [-0.1, -0.05) is 0 Å². The molecule has 2 aliphatic heterocycles. The molecule has 2 saturated heterocycles. The molecule has 33 heavy (non-hydrogen) atoms. The van der Waals surface area contributed by atoms with Crippen LogP contribution in [-0.2, 0) is 9.59 Å². The zero-order valence-electron chi connectivity index (χ0n) is 17.7. The largest absolute Gasteiger partial charge is 0.497 e. The molecule has 0 bridgehead atoms. The second kappa shape index (κ2) is 9.09. The van der Waals surface area contributed by atoms with Gasteiger partial charge in [0, 0.05) is 49.6 Å². The van der Waals surface area contributed by atoms with Crippen molar-refractivity contribution in [3.05, 3.63) is 63.7 Å². The molecule has 0 saturated carbocycles. The fraction of sp³-hybridized carbons (Fsp3) is 0.227. The van der Waals surface area contributed by atoms with E-state index in [1.165, 1.54) is 37.5 Å². The Morgan fingerprint density at radius 1 is 1.06 bits per heavy atom. The van der Waals surface area contributed by atoms with E-state index >= 15 is 0 Å². The fourth-order valence-electron chi connectivity index (χ4n) is 3.74. The van der Waals surface area contributed by atoms with Gasteiger partial charge in [0.05, 0.1) is 17.7 Å². The smallest absolute Gasteiger partial charge is 0.335 e. The third kappa shape index (κ3) is 4.39. The molecule has 0 aliphatic carbocycles. The topological polar surface area (TPSA) is 134 Å². The third-order valence-electron chi connectivity index (χ3n) is 5.41. The first-order valence-electron chi connectivity index (χ1n) is 10.2. The van der Waals surface area contributed by atoms with Crippen molar-refractivity contribution >= 4 is 41.0 Å². The summed E-state index contributed by atoms with van der Waals surface area (Å²) in [5.41, 5.74) is 0.768. The van der Waals surface area contributed by atoms with Gasteiger partial charge in [-0.25, -0.2) is 9.69 Å². The first-order chi connectivity index (χ1) is 15.9. The fourth-order valence-corrected chi connectivity index (χ4v) is 3.74. The highest BCUT2D eigenvalue weighted by molar-refractivity contribution is 6.39. The Kier molecular flexibility index (Phi) is 6.05. The molecule has 4 amide bonds. The summed E-state index contributed by atoms with van der Waals surface area (Å²) in [6, 6.07) is 9.62. The summed E-state index contributed by atoms with van der Waals surface area (Å²) in [7, 11) is 1.49. The maximum Gasteiger partial charge on any atom is 0.335 e. The summed E-state index contributed by atoms with van der Waals surface area (Å²) in [4.78, 5) is 51.9. The Morgan fingerprint density at radius 2 is 1.76 bits per heavy atom. The lowest BCUT2D eigenvalue weighted by molar-refractivity contribution is -0.384. The number of imide groups is 2. The van der Waals surface area contributed by atoms with E-state index in [2.05, 4.69) is 10.6 Å². The van der Waals surface area contributed by atoms with Crippen LogP contribution in [0.25, 0.3) is 6.08 Å². The van der Waals surface area contributed by atoms with Gasteiger partial charge in [-0.05, 0) is 36.4 Å². The van der Waals surface area contributed by atoms with Crippen LogP contribution in [0.4, 0.5) is 21.9 Å². The number of amides is 4. The van der Waals surface area contributed by atoms with Crippen LogP contribution in [0, 0.1) is 10.1 Å². The lowest BCUT2D eigenvalue weighted by atomic mass is 10.0. The number of nitrogens with one attached hydrogen (secondary N) is 2. The number of ether oxygens (including phenoxy) is 1. The lowest BCUT2D eigenvalue weighted by Crippen LogP contribution is -2.54. The molecule has 2 N–H and O–H groups in total. The van der Waals surface area contributed by atoms with Crippen molar-refractivity contribution in [1.29, 1.82) is 0 Å². The average Bonchev–Trinajstić information content (AvgIpc) is 2.82. The van der Waals surface area contributed by atoms with Gasteiger partial charge in [0.1, 0.15) is 11.3 Å². The third-order valence-corrected chi connectivity index (χ3v) is 5.41. The molecule has 11 nitrogen and oxygen atoms in total. The molecular formula is C22H21N5O6. The van der Waals surface area contributed by atoms with Crippen LogP contribution >= 0.6 is 0 Å². The maximum absolute atomic E-state index is 13.2. The van der Waals surface area contributed by atoms with E-state index in [-0.39, 0.29) is 16.9 Å². The van der Waals surface area contributed by atoms with Crippen LogP contribution in [0.3, 0.4) is 0 Å². The summed E-state index contributed by atoms with van der Waals surface area (Å²) in [5, 5.41) is 16.7. The molecule has 0 radical (unpaired) electrons. The Balaban J connectivity index is 1.76. The van der Waals surface area contributed by atoms with Crippen LogP contribution in [0.2, 0.25) is 0 Å². The van der Waals surface area contributed by atoms with Crippen LogP contribution in [-0.4, -0.2) is 56.1 Å². The summed E-state index contributed by atoms with van der Waals surface area (Å²) >= 11 is 0.